The molecule has 0 saturated heterocycles. The first-order chi connectivity index (χ1) is 19.2. The standard InChI is InChI=1S/C31H37N5O4/c1-21(2)29(35-31(39)40-3)30(38)34-27(17-22-9-5-4-6-10-22)28(37)20-36(33)19-23-13-15-24(16-14-23)26-12-8-7-11-25(26)18-32/h4-16,21,27-29,37H,17,19-20,33H2,1-3H3,(H,34,38)(H,35,39)/t27-,28-,29-/m0/s1. The zero-order valence-electron chi connectivity index (χ0n) is 23.1. The van der Waals surface area contributed by atoms with Crippen LogP contribution in [-0.4, -0.2) is 54.0 Å². The second kappa shape index (κ2) is 14.8. The highest BCUT2D eigenvalue weighted by Gasteiger charge is 2.30. The minimum atomic E-state index is -0.998. The summed E-state index contributed by atoms with van der Waals surface area (Å²) < 4.78 is 4.67. The predicted molar refractivity (Wildman–Crippen MR) is 153 cm³/mol. The van der Waals surface area contributed by atoms with E-state index in [4.69, 9.17) is 5.84 Å². The number of aliphatic hydroxyl groups excluding tert-OH is 1. The van der Waals surface area contributed by atoms with Crippen LogP contribution in [0, 0.1) is 17.2 Å². The third-order valence-electron chi connectivity index (χ3n) is 6.62. The van der Waals surface area contributed by atoms with Gasteiger partial charge in [0.2, 0.25) is 5.91 Å². The monoisotopic (exact) mass is 543 g/mol. The summed E-state index contributed by atoms with van der Waals surface area (Å²) >= 11 is 0. The Hall–Kier alpha value is -4.23. The van der Waals surface area contributed by atoms with Crippen molar-refractivity contribution in [1.82, 2.24) is 15.6 Å². The molecule has 3 rings (SSSR count). The molecule has 0 fully saturated rings. The van der Waals surface area contributed by atoms with E-state index in [1.807, 2.05) is 86.6 Å². The van der Waals surface area contributed by atoms with Crippen LogP contribution in [0.2, 0.25) is 0 Å². The molecule has 40 heavy (non-hydrogen) atoms. The van der Waals surface area contributed by atoms with E-state index in [0.29, 0.717) is 18.5 Å². The van der Waals surface area contributed by atoms with Crippen molar-refractivity contribution in [1.29, 1.82) is 5.26 Å². The van der Waals surface area contributed by atoms with Gasteiger partial charge in [-0.3, -0.25) is 10.6 Å². The molecule has 210 valence electrons. The predicted octanol–water partition coefficient (Wildman–Crippen LogP) is 3.37. The van der Waals surface area contributed by atoms with Gasteiger partial charge in [-0.15, -0.1) is 0 Å². The Morgan fingerprint density at radius 3 is 2.25 bits per heavy atom. The Balaban J connectivity index is 1.69. The van der Waals surface area contributed by atoms with Gasteiger partial charge in [0.05, 0.1) is 30.9 Å². The summed E-state index contributed by atoms with van der Waals surface area (Å²) in [4.78, 5) is 24.9. The number of hydrazine groups is 1. The van der Waals surface area contributed by atoms with Crippen molar-refractivity contribution in [3.63, 3.8) is 0 Å². The second-order valence-electron chi connectivity index (χ2n) is 10.0. The average Bonchev–Trinajstić information content (AvgIpc) is 2.96. The number of ether oxygens (including phenoxy) is 1. The van der Waals surface area contributed by atoms with Crippen LogP contribution in [0.4, 0.5) is 4.79 Å². The van der Waals surface area contributed by atoms with Crippen LogP contribution < -0.4 is 16.5 Å². The number of carbonyl (C=O) groups excluding carboxylic acids is 2. The Morgan fingerprint density at radius 2 is 1.62 bits per heavy atom. The fraction of sp³-hybridized carbons (Fsp3) is 0.323. The van der Waals surface area contributed by atoms with Crippen molar-refractivity contribution < 1.29 is 19.4 Å². The van der Waals surface area contributed by atoms with E-state index in [9.17, 15) is 20.0 Å². The van der Waals surface area contributed by atoms with Crippen molar-refractivity contribution in [3.05, 3.63) is 95.6 Å². The number of carbonyl (C=O) groups is 2. The summed E-state index contributed by atoms with van der Waals surface area (Å²) in [5, 5.41) is 27.6. The van der Waals surface area contributed by atoms with E-state index in [-0.39, 0.29) is 12.5 Å². The van der Waals surface area contributed by atoms with E-state index >= 15 is 0 Å². The first-order valence-corrected chi connectivity index (χ1v) is 13.2. The molecule has 0 aliphatic carbocycles. The largest absolute Gasteiger partial charge is 0.453 e. The fourth-order valence-corrected chi connectivity index (χ4v) is 4.43. The van der Waals surface area contributed by atoms with Gasteiger partial charge < -0.3 is 20.5 Å². The third kappa shape index (κ3) is 8.64. The second-order valence-corrected chi connectivity index (χ2v) is 10.0. The number of amides is 2. The van der Waals surface area contributed by atoms with Gasteiger partial charge in [0, 0.05) is 13.1 Å². The molecule has 3 aromatic rings. The number of rotatable bonds is 12. The Kier molecular flexibility index (Phi) is 11.2. The number of alkyl carbamates (subject to hydrolysis) is 1. The molecule has 9 nitrogen and oxygen atoms in total. The lowest BCUT2D eigenvalue weighted by Gasteiger charge is -2.30. The van der Waals surface area contributed by atoms with E-state index in [1.54, 1.807) is 6.07 Å². The van der Waals surface area contributed by atoms with Gasteiger partial charge in [0.25, 0.3) is 0 Å². The number of hydrogen-bond donors (Lipinski definition) is 4. The van der Waals surface area contributed by atoms with Crippen LogP contribution in [0.1, 0.15) is 30.5 Å². The highest BCUT2D eigenvalue weighted by atomic mass is 16.5. The molecule has 9 heteroatoms. The quantitative estimate of drug-likeness (QED) is 0.203. The van der Waals surface area contributed by atoms with Gasteiger partial charge in [-0.2, -0.15) is 5.26 Å². The summed E-state index contributed by atoms with van der Waals surface area (Å²) in [5.41, 5.74) is 4.25. The van der Waals surface area contributed by atoms with Gasteiger partial charge >= 0.3 is 6.09 Å². The van der Waals surface area contributed by atoms with E-state index in [1.165, 1.54) is 12.1 Å². The van der Waals surface area contributed by atoms with Crippen molar-refractivity contribution in [2.24, 2.45) is 11.8 Å². The summed E-state index contributed by atoms with van der Waals surface area (Å²) in [5.74, 6) is 5.67. The van der Waals surface area contributed by atoms with Crippen LogP contribution >= 0.6 is 0 Å². The lowest BCUT2D eigenvalue weighted by atomic mass is 9.98. The molecule has 0 aromatic heterocycles. The summed E-state index contributed by atoms with van der Waals surface area (Å²) in [7, 11) is 1.24. The highest BCUT2D eigenvalue weighted by Crippen LogP contribution is 2.23. The van der Waals surface area contributed by atoms with Gasteiger partial charge in [-0.25, -0.2) is 9.80 Å². The van der Waals surface area contributed by atoms with Crippen molar-refractivity contribution in [2.75, 3.05) is 13.7 Å². The molecule has 0 spiro atoms. The van der Waals surface area contributed by atoms with Crippen LogP contribution in [0.25, 0.3) is 11.1 Å². The fourth-order valence-electron chi connectivity index (χ4n) is 4.43. The molecule has 3 aromatic carbocycles. The molecule has 0 saturated carbocycles. The maximum atomic E-state index is 13.2. The minimum absolute atomic E-state index is 0.0908. The number of nitriles is 1. The van der Waals surface area contributed by atoms with Crippen LogP contribution in [-0.2, 0) is 22.5 Å². The summed E-state index contributed by atoms with van der Waals surface area (Å²) in [6.07, 6.45) is -1.33. The molecule has 0 radical (unpaired) electrons. The smallest absolute Gasteiger partial charge is 0.407 e. The van der Waals surface area contributed by atoms with Crippen molar-refractivity contribution >= 4 is 12.0 Å². The molecule has 0 aliphatic rings. The maximum Gasteiger partial charge on any atom is 0.407 e. The van der Waals surface area contributed by atoms with Gasteiger partial charge in [0.1, 0.15) is 6.04 Å². The maximum absolute atomic E-state index is 13.2. The Bertz CT molecular complexity index is 1290. The Labute approximate surface area is 235 Å². The molecule has 3 atom stereocenters. The molecular formula is C31H37N5O4. The van der Waals surface area contributed by atoms with Crippen LogP contribution in [0.15, 0.2) is 78.9 Å². The first-order valence-electron chi connectivity index (χ1n) is 13.2. The van der Waals surface area contributed by atoms with E-state index in [0.717, 1.165) is 22.3 Å². The zero-order chi connectivity index (χ0) is 29.1. The molecule has 5 N–H and O–H groups in total. The van der Waals surface area contributed by atoms with E-state index in [2.05, 4.69) is 21.4 Å². The molecular weight excluding hydrogens is 506 g/mol. The number of nitrogens with one attached hydrogen (secondary N) is 2. The molecule has 0 heterocycles. The van der Waals surface area contributed by atoms with Crippen molar-refractivity contribution in [2.45, 2.75) is 45.0 Å². The minimum Gasteiger partial charge on any atom is -0.453 e. The third-order valence-corrected chi connectivity index (χ3v) is 6.62. The van der Waals surface area contributed by atoms with Gasteiger partial charge in [-0.05, 0) is 40.7 Å². The average molecular weight is 544 g/mol. The number of nitrogens with two attached hydrogens (primary N) is 1. The number of hydrogen-bond acceptors (Lipinski definition) is 7. The van der Waals surface area contributed by atoms with Crippen LogP contribution in [0.3, 0.4) is 0 Å². The molecule has 2 amide bonds. The molecule has 0 bridgehead atoms. The summed E-state index contributed by atoms with van der Waals surface area (Å²) in [6.45, 7) is 4.08. The number of benzene rings is 3. The van der Waals surface area contributed by atoms with Gasteiger partial charge in [0.15, 0.2) is 0 Å². The van der Waals surface area contributed by atoms with Gasteiger partial charge in [-0.1, -0.05) is 86.6 Å². The topological polar surface area (TPSA) is 141 Å². The molecule has 0 aliphatic heterocycles. The van der Waals surface area contributed by atoms with E-state index < -0.39 is 30.2 Å². The normalized spacial score (nSPS) is 13.2. The lowest BCUT2D eigenvalue weighted by molar-refractivity contribution is -0.125. The van der Waals surface area contributed by atoms with Crippen LogP contribution in [0.5, 0.6) is 0 Å². The lowest BCUT2D eigenvalue weighted by Crippen LogP contribution is -2.56. The highest BCUT2D eigenvalue weighted by molar-refractivity contribution is 5.86. The summed E-state index contributed by atoms with van der Waals surface area (Å²) in [6, 6.07) is 25.4. The van der Waals surface area contributed by atoms with Crippen molar-refractivity contribution in [3.8, 4) is 17.2 Å². The first kappa shape index (κ1) is 30.3. The zero-order valence-corrected chi connectivity index (χ0v) is 23.1. The Morgan fingerprint density at radius 1 is 0.975 bits per heavy atom. The number of methoxy groups -OCH3 is 1. The number of nitrogens with zero attached hydrogens (tertiary/aromatic N) is 2. The number of aliphatic hydroxyl groups is 1. The SMILES string of the molecule is COC(=O)N[C@H](C(=O)N[C@@H](Cc1ccccc1)[C@@H](O)CN(N)Cc1ccc(-c2ccccc2C#N)cc1)C(C)C. The molecule has 0 unspecified atom stereocenters.